The molecular weight excluding hydrogens is 234 g/mol. The first-order valence-corrected chi connectivity index (χ1v) is 6.39. The minimum atomic E-state index is -0.278. The highest BCUT2D eigenvalue weighted by molar-refractivity contribution is 5.90. The van der Waals surface area contributed by atoms with Gasteiger partial charge in [-0.15, -0.1) is 0 Å². The predicted molar refractivity (Wildman–Crippen MR) is 65.0 cm³/mol. The molecule has 5 nitrogen and oxygen atoms in total. The lowest BCUT2D eigenvalue weighted by molar-refractivity contribution is -0.128. The topological polar surface area (TPSA) is 80.3 Å². The Kier molecular flexibility index (Phi) is 6.25. The normalized spacial score (nSPS) is 21.3. The largest absolute Gasteiger partial charge is 0.349 e. The summed E-state index contributed by atoms with van der Waals surface area (Å²) in [6.07, 6.45) is 3.03. The Hall–Kier alpha value is -1.52. The molecule has 0 aromatic carbocycles. The van der Waals surface area contributed by atoms with Crippen molar-refractivity contribution in [3.63, 3.8) is 0 Å². The molecule has 0 unspecified atom stereocenters. The zero-order valence-corrected chi connectivity index (χ0v) is 10.5. The molecule has 1 rings (SSSR count). The van der Waals surface area contributed by atoms with E-state index in [2.05, 4.69) is 5.32 Å². The first-order valence-electron chi connectivity index (χ1n) is 6.39. The third kappa shape index (κ3) is 6.27. The monoisotopic (exact) mass is 253 g/mol. The van der Waals surface area contributed by atoms with Crippen molar-refractivity contribution < 1.29 is 19.2 Å². The van der Waals surface area contributed by atoms with Crippen LogP contribution in [0.2, 0.25) is 0 Å². The molecule has 18 heavy (non-hydrogen) atoms. The van der Waals surface area contributed by atoms with E-state index in [1.54, 1.807) is 0 Å². The van der Waals surface area contributed by atoms with E-state index in [1.807, 2.05) is 0 Å². The molecule has 0 aliphatic carbocycles. The van der Waals surface area contributed by atoms with Crippen molar-refractivity contribution in [1.82, 2.24) is 5.32 Å². The Morgan fingerprint density at radius 2 is 1.11 bits per heavy atom. The molecule has 1 saturated heterocycles. The van der Waals surface area contributed by atoms with E-state index in [1.165, 1.54) is 0 Å². The molecule has 100 valence electrons. The average Bonchev–Trinajstić information content (AvgIpc) is 2.35. The molecule has 0 saturated carbocycles. The smallest absolute Gasteiger partial charge is 0.220 e. The van der Waals surface area contributed by atoms with Crippen molar-refractivity contribution >= 4 is 23.3 Å². The van der Waals surface area contributed by atoms with E-state index in [0.29, 0.717) is 25.7 Å². The molecule has 1 fully saturated rings. The predicted octanol–water partition coefficient (Wildman–Crippen LogP) is 0.944. The van der Waals surface area contributed by atoms with E-state index in [4.69, 9.17) is 0 Å². The molecule has 0 spiro atoms. The average molecular weight is 253 g/mol. The highest BCUT2D eigenvalue weighted by Crippen LogP contribution is 2.07. The first kappa shape index (κ1) is 14.5. The summed E-state index contributed by atoms with van der Waals surface area (Å²) in [7, 11) is 0. The van der Waals surface area contributed by atoms with Crippen LogP contribution in [-0.2, 0) is 19.2 Å². The number of Topliss-reactive ketones (excluding diaryl/α,β-unsaturated/α-hetero) is 3. The van der Waals surface area contributed by atoms with Gasteiger partial charge in [-0.05, 0) is 12.8 Å². The van der Waals surface area contributed by atoms with Gasteiger partial charge in [0.15, 0.2) is 5.78 Å². The van der Waals surface area contributed by atoms with Gasteiger partial charge in [-0.3, -0.25) is 19.2 Å². The summed E-state index contributed by atoms with van der Waals surface area (Å²) in [5.41, 5.74) is 0. The van der Waals surface area contributed by atoms with Crippen molar-refractivity contribution in [3.8, 4) is 0 Å². The van der Waals surface area contributed by atoms with Gasteiger partial charge in [0.05, 0.1) is 6.54 Å². The minimum Gasteiger partial charge on any atom is -0.349 e. The Morgan fingerprint density at radius 1 is 0.611 bits per heavy atom. The van der Waals surface area contributed by atoms with Crippen LogP contribution in [0.15, 0.2) is 0 Å². The van der Waals surface area contributed by atoms with E-state index in [0.717, 1.165) is 0 Å². The number of amides is 1. The van der Waals surface area contributed by atoms with Gasteiger partial charge >= 0.3 is 0 Å². The van der Waals surface area contributed by atoms with Gasteiger partial charge in [0.25, 0.3) is 0 Å². The molecule has 1 aliphatic heterocycles. The van der Waals surface area contributed by atoms with Gasteiger partial charge < -0.3 is 5.32 Å². The van der Waals surface area contributed by atoms with Crippen LogP contribution in [0.3, 0.4) is 0 Å². The fraction of sp³-hybridized carbons (Fsp3) is 0.692. The first-order chi connectivity index (χ1) is 8.58. The maximum atomic E-state index is 11.4. The summed E-state index contributed by atoms with van der Waals surface area (Å²) in [4.78, 5) is 45.5. The van der Waals surface area contributed by atoms with Gasteiger partial charge in [-0.2, -0.15) is 0 Å². The van der Waals surface area contributed by atoms with Crippen LogP contribution in [0.4, 0.5) is 0 Å². The summed E-state index contributed by atoms with van der Waals surface area (Å²) in [6, 6.07) is 0. The molecule has 0 aromatic rings. The third-order valence-electron chi connectivity index (χ3n) is 2.96. The summed E-state index contributed by atoms with van der Waals surface area (Å²) >= 11 is 0. The Balaban J connectivity index is 2.47. The molecule has 0 radical (unpaired) electrons. The second-order valence-electron chi connectivity index (χ2n) is 4.60. The lowest BCUT2D eigenvalue weighted by atomic mass is 10.0. The standard InChI is InChI=1S/C13H19NO4/c15-10-3-1-2-4-11(16)7-8-13(18)14-9-12(17)6-5-10/h1-9H2,(H,14,18). The fourth-order valence-corrected chi connectivity index (χ4v) is 1.80. The molecule has 0 bridgehead atoms. The number of rotatable bonds is 0. The number of hydrogen-bond acceptors (Lipinski definition) is 4. The van der Waals surface area contributed by atoms with E-state index in [-0.39, 0.29) is 55.5 Å². The molecule has 5 heteroatoms. The van der Waals surface area contributed by atoms with Crippen LogP contribution < -0.4 is 5.32 Å². The van der Waals surface area contributed by atoms with Gasteiger partial charge in [-0.25, -0.2) is 0 Å². The third-order valence-corrected chi connectivity index (χ3v) is 2.96. The molecule has 1 heterocycles. The number of carbonyl (C=O) groups is 4. The van der Waals surface area contributed by atoms with Crippen LogP contribution >= 0.6 is 0 Å². The molecular formula is C13H19NO4. The number of hydrogen-bond donors (Lipinski definition) is 1. The molecule has 1 aliphatic rings. The molecule has 0 aromatic heterocycles. The summed E-state index contributed by atoms with van der Waals surface area (Å²) in [5, 5.41) is 2.47. The van der Waals surface area contributed by atoms with Gasteiger partial charge in [0, 0.05) is 38.5 Å². The molecule has 1 amide bonds. The highest BCUT2D eigenvalue weighted by atomic mass is 16.2. The van der Waals surface area contributed by atoms with E-state index < -0.39 is 0 Å². The quantitative estimate of drug-likeness (QED) is 0.696. The van der Waals surface area contributed by atoms with Crippen LogP contribution in [0.1, 0.15) is 51.4 Å². The van der Waals surface area contributed by atoms with Crippen molar-refractivity contribution in [1.29, 1.82) is 0 Å². The number of nitrogens with one attached hydrogen (secondary N) is 1. The van der Waals surface area contributed by atoms with Crippen LogP contribution in [0.5, 0.6) is 0 Å². The number of carbonyl (C=O) groups excluding carboxylic acids is 4. The van der Waals surface area contributed by atoms with Crippen molar-refractivity contribution in [3.05, 3.63) is 0 Å². The molecule has 1 N–H and O–H groups in total. The summed E-state index contributed by atoms with van der Waals surface area (Å²) < 4.78 is 0. The minimum absolute atomic E-state index is 0.0414. The lowest BCUT2D eigenvalue weighted by Gasteiger charge is -2.06. The van der Waals surface area contributed by atoms with E-state index >= 15 is 0 Å². The summed E-state index contributed by atoms with van der Waals surface area (Å²) in [6.45, 7) is -0.0414. The maximum absolute atomic E-state index is 11.4. The second-order valence-corrected chi connectivity index (χ2v) is 4.60. The van der Waals surface area contributed by atoms with Gasteiger partial charge in [0.1, 0.15) is 11.6 Å². The highest BCUT2D eigenvalue weighted by Gasteiger charge is 2.12. The Labute approximate surface area is 106 Å². The summed E-state index contributed by atoms with van der Waals surface area (Å²) in [5.74, 6) is -0.319. The fourth-order valence-electron chi connectivity index (χ4n) is 1.80. The van der Waals surface area contributed by atoms with Crippen LogP contribution in [-0.4, -0.2) is 29.8 Å². The number of ketones is 3. The second kappa shape index (κ2) is 7.74. The van der Waals surface area contributed by atoms with E-state index in [9.17, 15) is 19.2 Å². The maximum Gasteiger partial charge on any atom is 0.220 e. The Bertz CT molecular complexity index is 315. The van der Waals surface area contributed by atoms with Crippen LogP contribution in [0.25, 0.3) is 0 Å². The lowest BCUT2D eigenvalue weighted by Crippen LogP contribution is -2.30. The van der Waals surface area contributed by atoms with Gasteiger partial charge in [-0.1, -0.05) is 0 Å². The van der Waals surface area contributed by atoms with Crippen molar-refractivity contribution in [2.75, 3.05) is 6.54 Å². The zero-order chi connectivity index (χ0) is 13.4. The van der Waals surface area contributed by atoms with Gasteiger partial charge in [0.2, 0.25) is 5.91 Å². The molecule has 0 atom stereocenters. The van der Waals surface area contributed by atoms with Crippen molar-refractivity contribution in [2.24, 2.45) is 0 Å². The van der Waals surface area contributed by atoms with Crippen molar-refractivity contribution in [2.45, 2.75) is 51.4 Å². The zero-order valence-electron chi connectivity index (χ0n) is 10.5. The van der Waals surface area contributed by atoms with Crippen LogP contribution in [0, 0.1) is 0 Å². The SMILES string of the molecule is O=C1CCCCC(=O)CCC(=O)NCC(=O)CC1. The Morgan fingerprint density at radius 3 is 1.72 bits per heavy atom.